The lowest BCUT2D eigenvalue weighted by Gasteiger charge is -2.32. The molecule has 0 aliphatic carbocycles. The number of aromatic nitrogens is 2. The summed E-state index contributed by atoms with van der Waals surface area (Å²) in [4.78, 5) is 4.97. The van der Waals surface area contributed by atoms with Crippen molar-refractivity contribution in [3.05, 3.63) is 11.6 Å². The first-order valence-electron chi connectivity index (χ1n) is 6.28. The molecule has 20 heavy (non-hydrogen) atoms. The van der Waals surface area contributed by atoms with Gasteiger partial charge in [0.1, 0.15) is 0 Å². The average molecular weight is 316 g/mol. The van der Waals surface area contributed by atoms with Crippen molar-refractivity contribution in [2.75, 3.05) is 32.1 Å². The van der Waals surface area contributed by atoms with E-state index in [1.54, 1.807) is 17.6 Å². The van der Waals surface area contributed by atoms with E-state index in [1.807, 2.05) is 12.3 Å². The van der Waals surface area contributed by atoms with Crippen molar-refractivity contribution < 1.29 is 13.2 Å². The lowest BCUT2D eigenvalue weighted by Crippen LogP contribution is -2.47. The summed E-state index contributed by atoms with van der Waals surface area (Å²) in [7, 11) is -1.93. The Hall–Kier alpha value is -1.16. The quantitative estimate of drug-likeness (QED) is 0.908. The summed E-state index contributed by atoms with van der Waals surface area (Å²) in [6.07, 6.45) is 1.73. The molecule has 1 unspecified atom stereocenters. The number of thiazole rings is 1. The third-order valence-electron chi connectivity index (χ3n) is 3.31. The van der Waals surface area contributed by atoms with Gasteiger partial charge in [-0.1, -0.05) is 0 Å². The molecule has 9 heteroatoms. The van der Waals surface area contributed by atoms with Gasteiger partial charge in [-0.05, 0) is 6.92 Å². The molecule has 0 spiro atoms. The standard InChI is InChI=1S/C11H16N4O3S2/c1-8-7-18-5-3-15(8)20(16,17)10-9(12-2)13-11-14(10)4-6-19-11/h4,6,8,12H,3,5,7H2,1-2H3. The fourth-order valence-electron chi connectivity index (χ4n) is 2.35. The number of nitrogens with zero attached hydrogens (tertiary/aromatic N) is 3. The summed E-state index contributed by atoms with van der Waals surface area (Å²) in [6, 6.07) is -0.178. The van der Waals surface area contributed by atoms with Crippen molar-refractivity contribution in [1.82, 2.24) is 13.7 Å². The van der Waals surface area contributed by atoms with Crippen LogP contribution in [0.15, 0.2) is 16.6 Å². The largest absolute Gasteiger partial charge is 0.378 e. The number of hydrogen-bond acceptors (Lipinski definition) is 6. The highest BCUT2D eigenvalue weighted by Gasteiger charge is 2.36. The molecule has 1 atom stereocenters. The minimum Gasteiger partial charge on any atom is -0.378 e. The van der Waals surface area contributed by atoms with Crippen molar-refractivity contribution in [2.45, 2.75) is 18.0 Å². The van der Waals surface area contributed by atoms with Crippen molar-refractivity contribution in [3.8, 4) is 0 Å². The minimum atomic E-state index is -3.61. The average Bonchev–Trinajstić information content (AvgIpc) is 2.97. The van der Waals surface area contributed by atoms with Gasteiger partial charge in [0, 0.05) is 31.2 Å². The van der Waals surface area contributed by atoms with E-state index >= 15 is 0 Å². The Morgan fingerprint density at radius 1 is 1.55 bits per heavy atom. The van der Waals surface area contributed by atoms with E-state index in [1.165, 1.54) is 15.6 Å². The summed E-state index contributed by atoms with van der Waals surface area (Å²) in [5.74, 6) is 0.385. The molecule has 1 saturated heterocycles. The predicted octanol–water partition coefficient (Wildman–Crippen LogP) is 0.847. The SMILES string of the molecule is CNc1nc2sccn2c1S(=O)(=O)N1CCOCC1C. The van der Waals surface area contributed by atoms with Crippen LogP contribution in [0, 0.1) is 0 Å². The van der Waals surface area contributed by atoms with Crippen molar-refractivity contribution in [1.29, 1.82) is 0 Å². The maximum Gasteiger partial charge on any atom is 0.263 e. The zero-order chi connectivity index (χ0) is 14.3. The van der Waals surface area contributed by atoms with Crippen LogP contribution in [0.3, 0.4) is 0 Å². The molecule has 110 valence electrons. The first kappa shape index (κ1) is 13.8. The molecule has 1 fully saturated rings. The molecule has 0 amide bonds. The molecule has 1 aliphatic rings. The van der Waals surface area contributed by atoms with Crippen molar-refractivity contribution in [3.63, 3.8) is 0 Å². The van der Waals surface area contributed by atoms with E-state index in [0.717, 1.165) is 0 Å². The number of rotatable bonds is 3. The van der Waals surface area contributed by atoms with Gasteiger partial charge < -0.3 is 10.1 Å². The van der Waals surface area contributed by atoms with Crippen LogP contribution in [-0.2, 0) is 14.8 Å². The summed E-state index contributed by atoms with van der Waals surface area (Å²) in [5.41, 5.74) is 0. The second-order valence-corrected chi connectivity index (χ2v) is 7.29. The van der Waals surface area contributed by atoms with Gasteiger partial charge >= 0.3 is 0 Å². The first-order valence-corrected chi connectivity index (χ1v) is 8.60. The third kappa shape index (κ3) is 2.01. The van der Waals surface area contributed by atoms with Gasteiger partial charge in [0.05, 0.1) is 13.2 Å². The molecule has 7 nitrogen and oxygen atoms in total. The Labute approximate surface area is 121 Å². The van der Waals surface area contributed by atoms with Gasteiger partial charge in [-0.15, -0.1) is 11.3 Å². The van der Waals surface area contributed by atoms with Crippen LogP contribution >= 0.6 is 11.3 Å². The van der Waals surface area contributed by atoms with Crippen LogP contribution < -0.4 is 5.32 Å². The maximum atomic E-state index is 12.9. The normalized spacial score (nSPS) is 21.4. The van der Waals surface area contributed by atoms with E-state index in [9.17, 15) is 8.42 Å². The smallest absolute Gasteiger partial charge is 0.263 e. The van der Waals surface area contributed by atoms with Crippen LogP contribution in [-0.4, -0.2) is 55.0 Å². The molecule has 3 heterocycles. The molecule has 2 aromatic heterocycles. The number of fused-ring (bicyclic) bond motifs is 1. The highest BCUT2D eigenvalue weighted by Crippen LogP contribution is 2.29. The number of sulfonamides is 1. The van der Waals surface area contributed by atoms with E-state index in [-0.39, 0.29) is 11.1 Å². The van der Waals surface area contributed by atoms with Gasteiger partial charge in [0.15, 0.2) is 15.8 Å². The monoisotopic (exact) mass is 316 g/mol. The van der Waals surface area contributed by atoms with Crippen LogP contribution in [0.5, 0.6) is 0 Å². The molecule has 3 rings (SSSR count). The lowest BCUT2D eigenvalue weighted by atomic mass is 10.3. The minimum absolute atomic E-state index is 0.178. The Morgan fingerprint density at radius 2 is 2.35 bits per heavy atom. The highest BCUT2D eigenvalue weighted by atomic mass is 32.2. The fourth-order valence-corrected chi connectivity index (χ4v) is 4.99. The van der Waals surface area contributed by atoms with Gasteiger partial charge in [-0.25, -0.2) is 13.4 Å². The number of imidazole rings is 1. The lowest BCUT2D eigenvalue weighted by molar-refractivity contribution is 0.0391. The number of nitrogens with one attached hydrogen (secondary N) is 1. The number of morpholine rings is 1. The first-order chi connectivity index (χ1) is 9.55. The Kier molecular flexibility index (Phi) is 3.44. The Balaban J connectivity index is 2.15. The van der Waals surface area contributed by atoms with Gasteiger partial charge in [0.2, 0.25) is 0 Å². The Morgan fingerprint density at radius 3 is 3.05 bits per heavy atom. The fraction of sp³-hybridized carbons (Fsp3) is 0.545. The molecule has 0 saturated carbocycles. The van der Waals surface area contributed by atoms with Crippen LogP contribution in [0.2, 0.25) is 0 Å². The maximum absolute atomic E-state index is 12.9. The molecule has 1 aliphatic heterocycles. The van der Waals surface area contributed by atoms with Crippen LogP contribution in [0.4, 0.5) is 5.82 Å². The van der Waals surface area contributed by atoms with Crippen molar-refractivity contribution >= 4 is 32.1 Å². The number of hydrogen-bond donors (Lipinski definition) is 1. The van der Waals surface area contributed by atoms with Gasteiger partial charge in [-0.3, -0.25) is 4.40 Å². The number of ether oxygens (including phenoxy) is 1. The summed E-state index contributed by atoms with van der Waals surface area (Å²) in [6.45, 7) is 3.05. The molecule has 0 bridgehead atoms. The number of anilines is 1. The summed E-state index contributed by atoms with van der Waals surface area (Å²) < 4.78 is 34.3. The molecule has 1 N–H and O–H groups in total. The Bertz CT molecular complexity index is 721. The molecular weight excluding hydrogens is 300 g/mol. The van der Waals surface area contributed by atoms with Crippen LogP contribution in [0.1, 0.15) is 6.92 Å². The van der Waals surface area contributed by atoms with E-state index in [2.05, 4.69) is 10.3 Å². The zero-order valence-corrected chi connectivity index (χ0v) is 12.9. The van der Waals surface area contributed by atoms with Gasteiger partial charge in [0.25, 0.3) is 10.0 Å². The molecule has 2 aromatic rings. The molecular formula is C11H16N4O3S2. The highest BCUT2D eigenvalue weighted by molar-refractivity contribution is 7.89. The zero-order valence-electron chi connectivity index (χ0n) is 11.2. The van der Waals surface area contributed by atoms with E-state index < -0.39 is 10.0 Å². The van der Waals surface area contributed by atoms with E-state index in [0.29, 0.717) is 30.5 Å². The van der Waals surface area contributed by atoms with Crippen molar-refractivity contribution in [2.24, 2.45) is 0 Å². The van der Waals surface area contributed by atoms with Crippen LogP contribution in [0.25, 0.3) is 4.96 Å². The third-order valence-corrected chi connectivity index (χ3v) is 6.11. The predicted molar refractivity (Wildman–Crippen MR) is 76.8 cm³/mol. The second kappa shape index (κ2) is 4.99. The summed E-state index contributed by atoms with van der Waals surface area (Å²) in [5, 5.41) is 4.89. The van der Waals surface area contributed by atoms with E-state index in [4.69, 9.17) is 4.74 Å². The topological polar surface area (TPSA) is 75.9 Å². The summed E-state index contributed by atoms with van der Waals surface area (Å²) >= 11 is 1.41. The second-order valence-electron chi connectivity index (χ2n) is 4.61. The molecule has 0 aromatic carbocycles. The van der Waals surface area contributed by atoms with Gasteiger partial charge in [-0.2, -0.15) is 4.31 Å². The molecule has 0 radical (unpaired) electrons.